The van der Waals surface area contributed by atoms with Crippen LogP contribution in [-0.4, -0.2) is 83.4 Å². The van der Waals surface area contributed by atoms with E-state index in [0.29, 0.717) is 37.8 Å². The number of piperidine rings is 1. The van der Waals surface area contributed by atoms with Crippen LogP contribution in [0.15, 0.2) is 35.4 Å². The van der Waals surface area contributed by atoms with Crippen LogP contribution in [0.1, 0.15) is 64.0 Å². The first-order valence-corrected chi connectivity index (χ1v) is 16.6. The van der Waals surface area contributed by atoms with Crippen molar-refractivity contribution in [3.63, 3.8) is 0 Å². The maximum absolute atomic E-state index is 16.8. The van der Waals surface area contributed by atoms with Crippen LogP contribution in [0.4, 0.5) is 23.2 Å². The van der Waals surface area contributed by atoms with Crippen molar-refractivity contribution in [3.05, 3.63) is 80.0 Å². The number of rotatable bonds is 5. The summed E-state index contributed by atoms with van der Waals surface area (Å²) >= 11 is 6.12. The number of aromatic hydroxyl groups is 1. The number of aryl methyl sites for hydroxylation is 1. The van der Waals surface area contributed by atoms with E-state index in [1.54, 1.807) is 6.08 Å². The van der Waals surface area contributed by atoms with E-state index >= 15 is 4.39 Å². The van der Waals surface area contributed by atoms with Gasteiger partial charge in [-0.25, -0.2) is 14.4 Å². The fraction of sp³-hybridized carbons (Fsp3) is 0.424. The number of carbonyl (C=O) groups excluding carboxylic acids is 2. The zero-order valence-corrected chi connectivity index (χ0v) is 27.6. The number of nitrogens with zero attached hydrogens (tertiary/aromatic N) is 7. The number of nitrogens with one attached hydrogen (secondary N) is 1. The van der Waals surface area contributed by atoms with Crippen molar-refractivity contribution >= 4 is 40.5 Å². The Morgan fingerprint density at radius 2 is 2.04 bits per heavy atom. The van der Waals surface area contributed by atoms with Crippen LogP contribution < -0.4 is 10.9 Å². The molecule has 2 aliphatic heterocycles. The molecule has 1 saturated carbocycles. The minimum atomic E-state index is -4.63. The molecule has 3 aromatic heterocycles. The fourth-order valence-electron chi connectivity index (χ4n) is 7.88. The molecule has 2 aliphatic carbocycles. The lowest BCUT2D eigenvalue weighted by atomic mass is 9.70. The van der Waals surface area contributed by atoms with E-state index < -0.39 is 53.0 Å². The highest BCUT2D eigenvalue weighted by Gasteiger charge is 2.68. The van der Waals surface area contributed by atoms with Gasteiger partial charge in [0, 0.05) is 29.1 Å². The van der Waals surface area contributed by atoms with E-state index in [4.69, 9.17) is 16.3 Å². The molecule has 266 valence electrons. The Kier molecular flexibility index (Phi) is 7.72. The van der Waals surface area contributed by atoms with Crippen LogP contribution in [0.5, 0.6) is 5.75 Å². The second-order valence-electron chi connectivity index (χ2n) is 13.2. The second-order valence-corrected chi connectivity index (χ2v) is 13.6. The summed E-state index contributed by atoms with van der Waals surface area (Å²) in [4.78, 5) is 55.1. The van der Waals surface area contributed by atoms with E-state index in [1.807, 2.05) is 0 Å². The summed E-state index contributed by atoms with van der Waals surface area (Å²) in [5.74, 6) is -2.03. The Labute approximate surface area is 290 Å². The highest BCUT2D eigenvalue weighted by atomic mass is 35.5. The van der Waals surface area contributed by atoms with Crippen molar-refractivity contribution in [1.29, 1.82) is 0 Å². The summed E-state index contributed by atoms with van der Waals surface area (Å²) in [6, 6.07) is 2.56. The number of aromatic nitrogens is 6. The van der Waals surface area contributed by atoms with Gasteiger partial charge in [0.2, 0.25) is 11.7 Å². The van der Waals surface area contributed by atoms with Gasteiger partial charge in [-0.3, -0.25) is 14.4 Å². The zero-order valence-electron chi connectivity index (χ0n) is 26.9. The van der Waals surface area contributed by atoms with Crippen molar-refractivity contribution in [3.8, 4) is 5.75 Å². The molecular weight excluding hydrogens is 700 g/mol. The molecule has 1 aromatic carbocycles. The number of fused-ring (bicyclic) bond motifs is 6. The van der Waals surface area contributed by atoms with Crippen LogP contribution in [0.2, 0.25) is 5.02 Å². The molecule has 8 rings (SSSR count). The Hall–Kier alpha value is -4.90. The first kappa shape index (κ1) is 33.3. The number of anilines is 1. The molecule has 0 bridgehead atoms. The standard InChI is InChI=1S/C33H29ClF4N8O5/c1-15-27(48)25(40-14-39-15)30(50)44-7-6-32(22(35)12-44)19-11-18(19)26-24(32)29(49)46-31(42-28(43-46)16-4-8-51-9-5-16)45(26)13-23(47)41-21-3-2-17(10-20(21)34)33(36,37)38/h2-4,10,14,18-19,22,48H,5-9,11-13H2,1H3,(H,41,47)/t18?,19?,22-,32+/m0/s1. The number of hydrogen-bond donors (Lipinski definition) is 2. The molecule has 2 amide bonds. The largest absolute Gasteiger partial charge is 0.504 e. The lowest BCUT2D eigenvalue weighted by Gasteiger charge is -2.43. The third-order valence-corrected chi connectivity index (χ3v) is 10.7. The first-order chi connectivity index (χ1) is 24.3. The molecule has 2 N–H and O–H groups in total. The van der Waals surface area contributed by atoms with Gasteiger partial charge in [-0.15, -0.1) is 5.10 Å². The monoisotopic (exact) mass is 728 g/mol. The Balaban J connectivity index is 1.19. The topological polar surface area (TPSA) is 157 Å². The smallest absolute Gasteiger partial charge is 0.416 e. The average molecular weight is 729 g/mol. The fourth-order valence-corrected chi connectivity index (χ4v) is 8.11. The number of carbonyl (C=O) groups is 2. The molecule has 1 saturated heterocycles. The number of halogens is 5. The summed E-state index contributed by atoms with van der Waals surface area (Å²) in [7, 11) is 0. The number of alkyl halides is 4. The number of amides is 2. The van der Waals surface area contributed by atoms with Crippen LogP contribution in [0, 0.1) is 12.8 Å². The summed E-state index contributed by atoms with van der Waals surface area (Å²) < 4.78 is 64.5. The van der Waals surface area contributed by atoms with Gasteiger partial charge in [-0.05, 0) is 55.9 Å². The third-order valence-electron chi connectivity index (χ3n) is 10.4. The van der Waals surface area contributed by atoms with E-state index in [0.717, 1.165) is 28.5 Å². The summed E-state index contributed by atoms with van der Waals surface area (Å²) in [5.41, 5.74) is -1.63. The molecule has 4 atom stereocenters. The number of ether oxygens (including phenoxy) is 1. The molecule has 51 heavy (non-hydrogen) atoms. The maximum Gasteiger partial charge on any atom is 0.416 e. The minimum absolute atomic E-state index is 0.0511. The average Bonchev–Trinajstić information content (AvgIpc) is 3.67. The Morgan fingerprint density at radius 3 is 2.75 bits per heavy atom. The second kappa shape index (κ2) is 11.8. The van der Waals surface area contributed by atoms with E-state index in [2.05, 4.69) is 25.4 Å². The van der Waals surface area contributed by atoms with Crippen molar-refractivity contribution in [2.24, 2.45) is 5.92 Å². The van der Waals surface area contributed by atoms with E-state index in [-0.39, 0.29) is 70.6 Å². The SMILES string of the molecule is Cc1ncnc(C(=O)N2CC[C@]3(c4c(n(CC(=O)Nc5ccc(C(F)(F)F)cc5Cl)c5nc(C6=CCOCC6)nn5c4=O)C4CC43)[C@@H](F)C2)c1O. The molecule has 18 heteroatoms. The highest BCUT2D eigenvalue weighted by molar-refractivity contribution is 6.33. The molecule has 1 spiro atoms. The summed E-state index contributed by atoms with van der Waals surface area (Å²) in [5, 5.41) is 17.2. The molecule has 13 nitrogen and oxygen atoms in total. The normalized spacial score (nSPS) is 24.0. The summed E-state index contributed by atoms with van der Waals surface area (Å²) in [6.45, 7) is 1.50. The third kappa shape index (κ3) is 5.27. The molecule has 2 fully saturated rings. The zero-order chi connectivity index (χ0) is 36.0. The van der Waals surface area contributed by atoms with Gasteiger partial charge in [0.05, 0.1) is 41.7 Å². The maximum atomic E-state index is 16.8. The van der Waals surface area contributed by atoms with Gasteiger partial charge in [0.1, 0.15) is 19.0 Å². The van der Waals surface area contributed by atoms with Gasteiger partial charge < -0.3 is 24.6 Å². The van der Waals surface area contributed by atoms with Crippen LogP contribution in [-0.2, 0) is 27.7 Å². The van der Waals surface area contributed by atoms with Gasteiger partial charge in [0.25, 0.3) is 11.5 Å². The van der Waals surface area contributed by atoms with Gasteiger partial charge >= 0.3 is 6.18 Å². The van der Waals surface area contributed by atoms with Crippen molar-refractivity contribution in [1.82, 2.24) is 34.0 Å². The summed E-state index contributed by atoms with van der Waals surface area (Å²) in [6.07, 6.45) is -2.32. The van der Waals surface area contributed by atoms with E-state index in [9.17, 15) is 32.7 Å². The molecular formula is C33H29ClF4N8O5. The molecule has 2 unspecified atom stereocenters. The predicted molar refractivity (Wildman–Crippen MR) is 172 cm³/mol. The minimum Gasteiger partial charge on any atom is -0.504 e. The van der Waals surface area contributed by atoms with E-state index in [1.165, 1.54) is 16.4 Å². The van der Waals surface area contributed by atoms with Crippen molar-refractivity contribution < 1.29 is 37.0 Å². The predicted octanol–water partition coefficient (Wildman–Crippen LogP) is 4.05. The van der Waals surface area contributed by atoms with Crippen molar-refractivity contribution in [2.75, 3.05) is 31.6 Å². The first-order valence-electron chi connectivity index (χ1n) is 16.2. The van der Waals surface area contributed by atoms with Gasteiger partial charge in [-0.1, -0.05) is 17.7 Å². The van der Waals surface area contributed by atoms with Gasteiger partial charge in [0.15, 0.2) is 17.3 Å². The number of hydrogen-bond acceptors (Lipinski definition) is 9. The van der Waals surface area contributed by atoms with Crippen LogP contribution in [0.3, 0.4) is 0 Å². The molecule has 4 aliphatic rings. The quantitative estimate of drug-likeness (QED) is 0.290. The van der Waals surface area contributed by atoms with Crippen molar-refractivity contribution in [2.45, 2.75) is 56.4 Å². The van der Waals surface area contributed by atoms with Crippen LogP contribution in [0.25, 0.3) is 11.4 Å². The number of likely N-dealkylation sites (tertiary alicyclic amines) is 1. The molecule has 5 heterocycles. The lowest BCUT2D eigenvalue weighted by Crippen LogP contribution is -2.55. The Morgan fingerprint density at radius 1 is 1.24 bits per heavy atom. The molecule has 4 aromatic rings. The molecule has 0 radical (unpaired) electrons. The highest BCUT2D eigenvalue weighted by Crippen LogP contribution is 2.68. The van der Waals surface area contributed by atoms with Crippen LogP contribution >= 0.6 is 11.6 Å². The van der Waals surface area contributed by atoms with Gasteiger partial charge in [-0.2, -0.15) is 22.7 Å². The lowest BCUT2D eigenvalue weighted by molar-refractivity contribution is -0.137. The number of benzene rings is 1. The Bertz CT molecular complexity index is 2240.